The van der Waals surface area contributed by atoms with E-state index in [1.165, 1.54) is 4.90 Å². The fourth-order valence-corrected chi connectivity index (χ4v) is 6.26. The molecule has 0 bridgehead atoms. The Labute approximate surface area is 226 Å². The van der Waals surface area contributed by atoms with Gasteiger partial charge < -0.3 is 4.74 Å². The van der Waals surface area contributed by atoms with Gasteiger partial charge in [-0.05, 0) is 98.4 Å². The highest BCUT2D eigenvalue weighted by Crippen LogP contribution is 2.37. The normalized spacial score (nSPS) is 15.0. The van der Waals surface area contributed by atoms with E-state index in [0.29, 0.717) is 17.3 Å². The lowest BCUT2D eigenvalue weighted by Crippen LogP contribution is -2.27. The first-order valence-electron chi connectivity index (χ1n) is 9.56. The first kappa shape index (κ1) is 23.8. The predicted octanol–water partition coefficient (Wildman–Crippen LogP) is 7.47. The highest BCUT2D eigenvalue weighted by atomic mass is 127. The fraction of sp³-hybridized carbons (Fsp3) is 0.0833. The number of thioether (sulfide) groups is 1. The maximum absolute atomic E-state index is 13.0. The van der Waals surface area contributed by atoms with Crippen LogP contribution in [0.4, 0.5) is 4.79 Å². The van der Waals surface area contributed by atoms with Gasteiger partial charge in [-0.2, -0.15) is 0 Å². The molecular formula is C24H16BrI2NO3S. The molecule has 0 spiro atoms. The zero-order valence-electron chi connectivity index (χ0n) is 16.6. The Hall–Kier alpha value is -1.37. The number of halogens is 3. The van der Waals surface area contributed by atoms with Gasteiger partial charge in [-0.1, -0.05) is 58.4 Å². The number of carbonyl (C=O) groups is 2. The van der Waals surface area contributed by atoms with Crippen molar-refractivity contribution in [1.82, 2.24) is 4.90 Å². The van der Waals surface area contributed by atoms with Crippen molar-refractivity contribution in [2.24, 2.45) is 0 Å². The highest BCUT2D eigenvalue weighted by Gasteiger charge is 2.35. The maximum atomic E-state index is 13.0. The summed E-state index contributed by atoms with van der Waals surface area (Å²) >= 11 is 8.85. The lowest BCUT2D eigenvalue weighted by molar-refractivity contribution is -0.123. The summed E-state index contributed by atoms with van der Waals surface area (Å²) in [7, 11) is 0. The molecule has 2 amide bonds. The lowest BCUT2D eigenvalue weighted by atomic mass is 10.1. The lowest BCUT2D eigenvalue weighted by Gasteiger charge is -2.13. The first-order chi connectivity index (χ1) is 15.4. The quantitative estimate of drug-likeness (QED) is 0.195. The van der Waals surface area contributed by atoms with Gasteiger partial charge in [0.1, 0.15) is 12.4 Å². The van der Waals surface area contributed by atoms with Crippen LogP contribution in [0.2, 0.25) is 0 Å². The summed E-state index contributed by atoms with van der Waals surface area (Å²) in [5.74, 6) is 0.417. The van der Waals surface area contributed by atoms with Crippen molar-refractivity contribution in [2.75, 3.05) is 0 Å². The minimum absolute atomic E-state index is 0.247. The summed E-state index contributed by atoms with van der Waals surface area (Å²) in [5, 5.41) is -0.267. The highest BCUT2D eigenvalue weighted by molar-refractivity contribution is 14.1. The zero-order chi connectivity index (χ0) is 22.7. The summed E-state index contributed by atoms with van der Waals surface area (Å²) in [6.07, 6.45) is 1.76. The van der Waals surface area contributed by atoms with E-state index in [4.69, 9.17) is 4.74 Å². The Kier molecular flexibility index (Phi) is 7.95. The molecule has 32 heavy (non-hydrogen) atoms. The monoisotopic (exact) mass is 731 g/mol. The molecule has 4 rings (SSSR count). The molecule has 1 heterocycles. The van der Waals surface area contributed by atoms with Gasteiger partial charge in [-0.15, -0.1) is 0 Å². The smallest absolute Gasteiger partial charge is 0.293 e. The number of amides is 2. The molecule has 1 aliphatic rings. The number of imide groups is 1. The summed E-state index contributed by atoms with van der Waals surface area (Å²) in [4.78, 5) is 27.3. The number of hydrogen-bond donors (Lipinski definition) is 0. The van der Waals surface area contributed by atoms with Crippen molar-refractivity contribution in [1.29, 1.82) is 0 Å². The van der Waals surface area contributed by atoms with Gasteiger partial charge in [0.25, 0.3) is 11.1 Å². The van der Waals surface area contributed by atoms with Crippen molar-refractivity contribution in [2.45, 2.75) is 13.2 Å². The van der Waals surface area contributed by atoms with Crippen LogP contribution in [0.5, 0.6) is 5.75 Å². The van der Waals surface area contributed by atoms with Gasteiger partial charge in [0.2, 0.25) is 0 Å². The number of hydrogen-bond acceptors (Lipinski definition) is 4. The largest absolute Gasteiger partial charge is 0.487 e. The molecule has 0 aromatic heterocycles. The molecule has 4 nitrogen and oxygen atoms in total. The molecule has 0 aliphatic carbocycles. The molecule has 3 aromatic carbocycles. The van der Waals surface area contributed by atoms with E-state index in [0.717, 1.165) is 40.1 Å². The average molecular weight is 732 g/mol. The summed E-state index contributed by atoms with van der Waals surface area (Å²) in [6.45, 7) is 0.666. The van der Waals surface area contributed by atoms with Crippen LogP contribution in [0, 0.1) is 7.14 Å². The van der Waals surface area contributed by atoms with E-state index < -0.39 is 0 Å². The average Bonchev–Trinajstić information content (AvgIpc) is 3.02. The van der Waals surface area contributed by atoms with E-state index in [1.807, 2.05) is 66.7 Å². The topological polar surface area (TPSA) is 46.6 Å². The fourth-order valence-electron chi connectivity index (χ4n) is 3.12. The van der Waals surface area contributed by atoms with Gasteiger partial charge in [-0.3, -0.25) is 14.5 Å². The van der Waals surface area contributed by atoms with Gasteiger partial charge in [0, 0.05) is 13.6 Å². The third-order valence-electron chi connectivity index (χ3n) is 4.68. The third-order valence-corrected chi connectivity index (χ3v) is 7.54. The van der Waals surface area contributed by atoms with Gasteiger partial charge in [-0.25, -0.2) is 0 Å². The Balaban J connectivity index is 1.59. The van der Waals surface area contributed by atoms with E-state index >= 15 is 0 Å². The standard InChI is InChI=1S/C24H16BrI2NO3S/c25-18-8-6-15(7-9-18)13-28-23(29)21(32-24(28)30)11-17-10-19(26)12-20(27)22(17)31-14-16-4-2-1-3-5-16/h1-12H,13-14H2/b21-11-. The molecule has 0 unspecified atom stereocenters. The molecule has 162 valence electrons. The Morgan fingerprint density at radius 1 is 0.969 bits per heavy atom. The van der Waals surface area contributed by atoms with Crippen LogP contribution < -0.4 is 4.74 Å². The molecule has 0 N–H and O–H groups in total. The summed E-state index contributed by atoms with van der Waals surface area (Å²) < 4.78 is 9.06. The van der Waals surface area contributed by atoms with Crippen molar-refractivity contribution in [3.05, 3.63) is 99.9 Å². The van der Waals surface area contributed by atoms with E-state index in [9.17, 15) is 9.59 Å². The number of rotatable bonds is 6. The number of ether oxygens (including phenoxy) is 1. The zero-order valence-corrected chi connectivity index (χ0v) is 23.3. The maximum Gasteiger partial charge on any atom is 0.293 e. The molecule has 8 heteroatoms. The predicted molar refractivity (Wildman–Crippen MR) is 148 cm³/mol. The van der Waals surface area contributed by atoms with Crippen LogP contribution in [0.15, 0.2) is 76.1 Å². The van der Waals surface area contributed by atoms with Gasteiger partial charge in [0.15, 0.2) is 0 Å². The molecule has 1 saturated heterocycles. The summed E-state index contributed by atoms with van der Waals surface area (Å²) in [6, 6.07) is 21.5. The van der Waals surface area contributed by atoms with Crippen LogP contribution in [0.1, 0.15) is 16.7 Å². The van der Waals surface area contributed by atoms with Crippen LogP contribution in [0.3, 0.4) is 0 Å². The second-order valence-electron chi connectivity index (χ2n) is 6.97. The second kappa shape index (κ2) is 10.7. The number of nitrogens with zero attached hydrogens (tertiary/aromatic N) is 1. The van der Waals surface area contributed by atoms with Crippen molar-refractivity contribution >= 4 is 90.1 Å². The molecule has 0 atom stereocenters. The first-order valence-corrected chi connectivity index (χ1v) is 13.3. The van der Waals surface area contributed by atoms with Crippen molar-refractivity contribution in [3.8, 4) is 5.75 Å². The summed E-state index contributed by atoms with van der Waals surface area (Å²) in [5.41, 5.74) is 2.74. The Morgan fingerprint density at radius 3 is 2.41 bits per heavy atom. The second-order valence-corrected chi connectivity index (χ2v) is 11.3. The van der Waals surface area contributed by atoms with Crippen LogP contribution in [-0.4, -0.2) is 16.0 Å². The van der Waals surface area contributed by atoms with Crippen LogP contribution in [-0.2, 0) is 17.9 Å². The van der Waals surface area contributed by atoms with Crippen molar-refractivity contribution in [3.63, 3.8) is 0 Å². The number of carbonyl (C=O) groups excluding carboxylic acids is 2. The number of benzene rings is 3. The van der Waals surface area contributed by atoms with Crippen LogP contribution >= 0.6 is 72.9 Å². The van der Waals surface area contributed by atoms with Gasteiger partial charge in [0.05, 0.1) is 15.0 Å². The van der Waals surface area contributed by atoms with Crippen LogP contribution in [0.25, 0.3) is 6.08 Å². The van der Waals surface area contributed by atoms with Gasteiger partial charge >= 0.3 is 0 Å². The Morgan fingerprint density at radius 2 is 1.69 bits per heavy atom. The van der Waals surface area contributed by atoms with E-state index in [1.54, 1.807) is 6.08 Å². The molecule has 0 radical (unpaired) electrons. The molecule has 1 fully saturated rings. The van der Waals surface area contributed by atoms with E-state index in [2.05, 4.69) is 61.1 Å². The molecular weight excluding hydrogens is 716 g/mol. The minimum atomic E-state index is -0.286. The SMILES string of the molecule is O=C1S/C(=C\c2cc(I)cc(I)c2OCc2ccccc2)C(=O)N1Cc1ccc(Br)cc1. The Bertz CT molecular complexity index is 1200. The minimum Gasteiger partial charge on any atom is -0.487 e. The molecule has 3 aromatic rings. The molecule has 0 saturated carbocycles. The third kappa shape index (κ3) is 5.75. The van der Waals surface area contributed by atoms with E-state index in [-0.39, 0.29) is 17.7 Å². The van der Waals surface area contributed by atoms with Crippen molar-refractivity contribution < 1.29 is 14.3 Å². The molecule has 1 aliphatic heterocycles.